The smallest absolute Gasteiger partial charge is 0.133 e. The maximum Gasteiger partial charge on any atom is 0.133 e. The zero-order valence-corrected chi connectivity index (χ0v) is 13.0. The lowest BCUT2D eigenvalue weighted by atomic mass is 10.1. The van der Waals surface area contributed by atoms with Crippen LogP contribution in [-0.4, -0.2) is 36.0 Å². The van der Waals surface area contributed by atoms with E-state index in [-0.39, 0.29) is 0 Å². The number of fused-ring (bicyclic) bond motifs is 1. The van der Waals surface area contributed by atoms with E-state index in [0.717, 1.165) is 54.4 Å². The van der Waals surface area contributed by atoms with Gasteiger partial charge in [0.15, 0.2) is 0 Å². The fourth-order valence-electron chi connectivity index (χ4n) is 3.09. The fourth-order valence-corrected chi connectivity index (χ4v) is 3.09. The van der Waals surface area contributed by atoms with E-state index in [1.165, 1.54) is 0 Å². The molecule has 1 atom stereocenters. The van der Waals surface area contributed by atoms with Gasteiger partial charge in [0.2, 0.25) is 0 Å². The van der Waals surface area contributed by atoms with Crippen LogP contribution in [0.25, 0.3) is 11.3 Å². The molecule has 0 spiro atoms. The normalized spacial score (nSPS) is 17.2. The van der Waals surface area contributed by atoms with Gasteiger partial charge in [0, 0.05) is 49.1 Å². The average molecular weight is 309 g/mol. The van der Waals surface area contributed by atoms with Crippen molar-refractivity contribution in [1.82, 2.24) is 35.3 Å². The predicted molar refractivity (Wildman–Crippen MR) is 85.5 cm³/mol. The van der Waals surface area contributed by atoms with Crippen LogP contribution in [0, 0.1) is 6.92 Å². The molecule has 0 bridgehead atoms. The summed E-state index contributed by atoms with van der Waals surface area (Å²) in [5.74, 6) is 2.09. The Morgan fingerprint density at radius 1 is 1.35 bits per heavy atom. The summed E-state index contributed by atoms with van der Waals surface area (Å²) in [6, 6.07) is 4.40. The van der Waals surface area contributed by atoms with Gasteiger partial charge in [-0.2, -0.15) is 5.10 Å². The molecule has 0 unspecified atom stereocenters. The number of aromatic amines is 1. The maximum absolute atomic E-state index is 4.22. The third-order valence-corrected chi connectivity index (χ3v) is 4.38. The zero-order chi connectivity index (χ0) is 15.6. The monoisotopic (exact) mass is 309 g/mol. The molecule has 0 aromatic carbocycles. The van der Waals surface area contributed by atoms with E-state index < -0.39 is 0 Å². The summed E-state index contributed by atoms with van der Waals surface area (Å²) in [7, 11) is 0. The summed E-state index contributed by atoms with van der Waals surface area (Å²) in [6.07, 6.45) is 7.56. The number of nitrogens with zero attached hydrogens (tertiary/aromatic N) is 5. The van der Waals surface area contributed by atoms with Crippen LogP contribution in [0.5, 0.6) is 0 Å². The average Bonchev–Trinajstić information content (AvgIpc) is 3.21. The first-order valence-electron chi connectivity index (χ1n) is 7.86. The Morgan fingerprint density at radius 2 is 2.30 bits per heavy atom. The van der Waals surface area contributed by atoms with Crippen molar-refractivity contribution >= 4 is 0 Å². The number of aromatic nitrogens is 6. The quantitative estimate of drug-likeness (QED) is 0.762. The predicted octanol–water partition coefficient (Wildman–Crippen LogP) is 1.48. The lowest BCUT2D eigenvalue weighted by Crippen LogP contribution is -2.37. The number of nitrogens with one attached hydrogen (secondary N) is 2. The summed E-state index contributed by atoms with van der Waals surface area (Å²) in [4.78, 5) is 4.18. The van der Waals surface area contributed by atoms with Gasteiger partial charge in [-0.15, -0.1) is 10.2 Å². The van der Waals surface area contributed by atoms with Gasteiger partial charge in [0.1, 0.15) is 11.6 Å². The second-order valence-corrected chi connectivity index (χ2v) is 5.90. The second kappa shape index (κ2) is 5.92. The van der Waals surface area contributed by atoms with Crippen molar-refractivity contribution in [3.8, 4) is 11.3 Å². The number of pyridine rings is 1. The highest BCUT2D eigenvalue weighted by Gasteiger charge is 2.21. The minimum absolute atomic E-state index is 0.425. The SMILES string of the molecule is Cc1nnc2n1C[C@H](NCc1cn[nH]c1-c1cccnc1)CC2. The molecular weight excluding hydrogens is 290 g/mol. The summed E-state index contributed by atoms with van der Waals surface area (Å²) in [5.41, 5.74) is 3.24. The molecular formula is C16H19N7. The molecule has 0 radical (unpaired) electrons. The van der Waals surface area contributed by atoms with Gasteiger partial charge < -0.3 is 9.88 Å². The third kappa shape index (κ3) is 2.75. The molecule has 2 N–H and O–H groups in total. The van der Waals surface area contributed by atoms with Gasteiger partial charge in [-0.1, -0.05) is 0 Å². The highest BCUT2D eigenvalue weighted by molar-refractivity contribution is 5.61. The van der Waals surface area contributed by atoms with E-state index >= 15 is 0 Å². The Labute approximate surface area is 134 Å². The molecule has 23 heavy (non-hydrogen) atoms. The van der Waals surface area contributed by atoms with Gasteiger partial charge >= 0.3 is 0 Å². The molecule has 1 aliphatic heterocycles. The Kier molecular flexibility index (Phi) is 3.63. The highest BCUT2D eigenvalue weighted by atomic mass is 15.3. The summed E-state index contributed by atoms with van der Waals surface area (Å²) in [6.45, 7) is 3.71. The van der Waals surface area contributed by atoms with Crippen LogP contribution in [0.15, 0.2) is 30.7 Å². The van der Waals surface area contributed by atoms with Crippen molar-refractivity contribution in [2.45, 2.75) is 38.9 Å². The minimum Gasteiger partial charge on any atom is -0.314 e. The molecule has 7 heteroatoms. The fraction of sp³-hybridized carbons (Fsp3) is 0.375. The molecule has 0 amide bonds. The first-order chi connectivity index (χ1) is 11.3. The third-order valence-electron chi connectivity index (χ3n) is 4.38. The molecule has 7 nitrogen and oxygen atoms in total. The number of aryl methyl sites for hydroxylation is 2. The first kappa shape index (κ1) is 14.1. The topological polar surface area (TPSA) is 84.3 Å². The van der Waals surface area contributed by atoms with Crippen molar-refractivity contribution < 1.29 is 0 Å². The van der Waals surface area contributed by atoms with Crippen LogP contribution in [0.4, 0.5) is 0 Å². The van der Waals surface area contributed by atoms with E-state index in [1.54, 1.807) is 6.20 Å². The van der Waals surface area contributed by atoms with Crippen molar-refractivity contribution in [2.75, 3.05) is 0 Å². The Morgan fingerprint density at radius 3 is 3.17 bits per heavy atom. The van der Waals surface area contributed by atoms with Crippen LogP contribution < -0.4 is 5.32 Å². The Bertz CT molecular complexity index is 790. The maximum atomic E-state index is 4.22. The molecule has 1 aliphatic rings. The largest absolute Gasteiger partial charge is 0.314 e. The number of rotatable bonds is 4. The minimum atomic E-state index is 0.425. The molecule has 4 rings (SSSR count). The van der Waals surface area contributed by atoms with Gasteiger partial charge in [0.25, 0.3) is 0 Å². The molecule has 3 aromatic heterocycles. The second-order valence-electron chi connectivity index (χ2n) is 5.90. The summed E-state index contributed by atoms with van der Waals surface area (Å²) >= 11 is 0. The number of hydrogen-bond donors (Lipinski definition) is 2. The van der Waals surface area contributed by atoms with E-state index in [1.807, 2.05) is 31.5 Å². The van der Waals surface area contributed by atoms with Gasteiger partial charge in [-0.3, -0.25) is 10.1 Å². The molecule has 118 valence electrons. The molecule has 3 aromatic rings. The van der Waals surface area contributed by atoms with Crippen molar-refractivity contribution in [2.24, 2.45) is 0 Å². The van der Waals surface area contributed by atoms with E-state index in [4.69, 9.17) is 0 Å². The Hall–Kier alpha value is -2.54. The lowest BCUT2D eigenvalue weighted by molar-refractivity contribution is 0.375. The van der Waals surface area contributed by atoms with Crippen LogP contribution >= 0.6 is 0 Å². The van der Waals surface area contributed by atoms with Gasteiger partial charge in [-0.25, -0.2) is 0 Å². The van der Waals surface area contributed by atoms with Gasteiger partial charge in [0.05, 0.1) is 11.9 Å². The zero-order valence-electron chi connectivity index (χ0n) is 13.0. The van der Waals surface area contributed by atoms with Crippen molar-refractivity contribution in [3.05, 3.63) is 47.9 Å². The van der Waals surface area contributed by atoms with Crippen LogP contribution in [-0.2, 0) is 19.5 Å². The number of H-pyrrole nitrogens is 1. The van der Waals surface area contributed by atoms with Crippen LogP contribution in [0.1, 0.15) is 23.6 Å². The van der Waals surface area contributed by atoms with Gasteiger partial charge in [-0.05, 0) is 25.5 Å². The summed E-state index contributed by atoms with van der Waals surface area (Å²) in [5, 5.41) is 19.3. The van der Waals surface area contributed by atoms with E-state index in [0.29, 0.717) is 6.04 Å². The molecule has 0 saturated heterocycles. The first-order valence-corrected chi connectivity index (χ1v) is 7.86. The van der Waals surface area contributed by atoms with Crippen molar-refractivity contribution in [1.29, 1.82) is 0 Å². The van der Waals surface area contributed by atoms with Crippen molar-refractivity contribution in [3.63, 3.8) is 0 Å². The molecule has 0 aliphatic carbocycles. The van der Waals surface area contributed by atoms with Crippen LogP contribution in [0.3, 0.4) is 0 Å². The van der Waals surface area contributed by atoms with E-state index in [2.05, 4.69) is 35.3 Å². The molecule has 0 saturated carbocycles. The number of hydrogen-bond acceptors (Lipinski definition) is 5. The lowest BCUT2D eigenvalue weighted by Gasteiger charge is -2.25. The Balaban J connectivity index is 1.45. The van der Waals surface area contributed by atoms with Crippen LogP contribution in [0.2, 0.25) is 0 Å². The summed E-state index contributed by atoms with van der Waals surface area (Å²) < 4.78 is 2.21. The molecule has 4 heterocycles. The standard InChI is InChI=1S/C16H19N7/c1-11-20-21-15-5-4-14(10-23(11)15)18-8-13-9-19-22-16(13)12-3-2-6-17-7-12/h2-3,6-7,9,14,18H,4-5,8,10H2,1H3,(H,19,22)/t14-/m1/s1. The van der Waals surface area contributed by atoms with E-state index in [9.17, 15) is 0 Å². The highest BCUT2D eigenvalue weighted by Crippen LogP contribution is 2.20. The molecule has 0 fully saturated rings.